The van der Waals surface area contributed by atoms with Gasteiger partial charge in [-0.3, -0.25) is 9.69 Å². The number of hydrogen-bond acceptors (Lipinski definition) is 4. The molecule has 1 saturated heterocycles. The van der Waals surface area contributed by atoms with Crippen LogP contribution in [0.3, 0.4) is 0 Å². The number of nitrogens with zero attached hydrogens (tertiary/aromatic N) is 2. The Balaban J connectivity index is 1.48. The number of pyridine rings is 1. The lowest BCUT2D eigenvalue weighted by Crippen LogP contribution is -2.47. The Morgan fingerprint density at radius 1 is 1.29 bits per heavy atom. The molecular weight excluding hydrogens is 326 g/mol. The van der Waals surface area contributed by atoms with Gasteiger partial charge in [0.15, 0.2) is 0 Å². The first-order valence-electron chi connectivity index (χ1n) is 7.98. The van der Waals surface area contributed by atoms with E-state index < -0.39 is 0 Å². The second kappa shape index (κ2) is 8.24. The summed E-state index contributed by atoms with van der Waals surface area (Å²) < 4.78 is 5.76. The van der Waals surface area contributed by atoms with E-state index >= 15 is 0 Å². The van der Waals surface area contributed by atoms with Crippen LogP contribution in [0.25, 0.3) is 0 Å². The molecule has 6 heteroatoms. The molecule has 1 aliphatic rings. The number of hydrogen-bond donors (Lipinski definition) is 1. The molecule has 3 rings (SSSR count). The van der Waals surface area contributed by atoms with Gasteiger partial charge in [0.25, 0.3) is 5.91 Å². The summed E-state index contributed by atoms with van der Waals surface area (Å²) in [4.78, 5) is 18.4. The molecule has 0 radical (unpaired) electrons. The predicted octanol–water partition coefficient (Wildman–Crippen LogP) is 2.37. The van der Waals surface area contributed by atoms with Gasteiger partial charge >= 0.3 is 0 Å². The van der Waals surface area contributed by atoms with E-state index in [1.807, 2.05) is 18.2 Å². The largest absolute Gasteiger partial charge is 0.374 e. The molecule has 1 aromatic carbocycles. The quantitative estimate of drug-likeness (QED) is 0.845. The predicted molar refractivity (Wildman–Crippen MR) is 93.0 cm³/mol. The summed E-state index contributed by atoms with van der Waals surface area (Å²) in [6.45, 7) is 3.76. The van der Waals surface area contributed by atoms with E-state index in [1.54, 1.807) is 12.1 Å². The van der Waals surface area contributed by atoms with Gasteiger partial charge < -0.3 is 10.1 Å². The van der Waals surface area contributed by atoms with Crippen molar-refractivity contribution in [3.8, 4) is 0 Å². The molecule has 1 fully saturated rings. The zero-order valence-corrected chi connectivity index (χ0v) is 14.1. The van der Waals surface area contributed by atoms with E-state index in [-0.39, 0.29) is 12.0 Å². The number of carbonyl (C=O) groups is 1. The van der Waals surface area contributed by atoms with Crippen LogP contribution in [0, 0.1) is 0 Å². The van der Waals surface area contributed by atoms with Crippen molar-refractivity contribution in [3.05, 3.63) is 64.9 Å². The molecule has 2 heterocycles. The first-order valence-corrected chi connectivity index (χ1v) is 8.36. The molecule has 1 unspecified atom stereocenters. The van der Waals surface area contributed by atoms with Gasteiger partial charge in [0, 0.05) is 32.4 Å². The SMILES string of the molecule is O=C(NCC1CN(Cc2ccccc2)CCO1)c1ccc(Cl)nc1. The molecule has 0 saturated carbocycles. The maximum atomic E-state index is 12.1. The molecule has 24 heavy (non-hydrogen) atoms. The van der Waals surface area contributed by atoms with Gasteiger partial charge in [-0.2, -0.15) is 0 Å². The lowest BCUT2D eigenvalue weighted by Gasteiger charge is -2.33. The van der Waals surface area contributed by atoms with E-state index in [4.69, 9.17) is 16.3 Å². The minimum atomic E-state index is -0.164. The van der Waals surface area contributed by atoms with Crippen molar-refractivity contribution in [1.29, 1.82) is 0 Å². The Hall–Kier alpha value is -1.95. The molecule has 1 aliphatic heterocycles. The van der Waals surface area contributed by atoms with Gasteiger partial charge in [-0.25, -0.2) is 4.98 Å². The van der Waals surface area contributed by atoms with Crippen LogP contribution in [0.1, 0.15) is 15.9 Å². The van der Waals surface area contributed by atoms with E-state index in [0.717, 1.165) is 19.6 Å². The molecule has 2 aromatic rings. The van der Waals surface area contributed by atoms with Crippen molar-refractivity contribution < 1.29 is 9.53 Å². The summed E-state index contributed by atoms with van der Waals surface area (Å²) in [6.07, 6.45) is 1.47. The third-order valence-electron chi connectivity index (χ3n) is 3.95. The van der Waals surface area contributed by atoms with E-state index in [2.05, 4.69) is 27.3 Å². The van der Waals surface area contributed by atoms with Crippen molar-refractivity contribution in [2.45, 2.75) is 12.6 Å². The lowest BCUT2D eigenvalue weighted by atomic mass is 10.2. The number of aromatic nitrogens is 1. The lowest BCUT2D eigenvalue weighted by molar-refractivity contribution is -0.0292. The van der Waals surface area contributed by atoms with Crippen molar-refractivity contribution in [2.75, 3.05) is 26.2 Å². The van der Waals surface area contributed by atoms with E-state index in [0.29, 0.717) is 23.9 Å². The average molecular weight is 346 g/mol. The van der Waals surface area contributed by atoms with Gasteiger partial charge in [0.2, 0.25) is 0 Å². The monoisotopic (exact) mass is 345 g/mol. The molecule has 0 spiro atoms. The normalized spacial score (nSPS) is 18.3. The van der Waals surface area contributed by atoms with E-state index in [9.17, 15) is 4.79 Å². The van der Waals surface area contributed by atoms with Crippen molar-refractivity contribution >= 4 is 17.5 Å². The van der Waals surface area contributed by atoms with Gasteiger partial charge in [-0.15, -0.1) is 0 Å². The summed E-state index contributed by atoms with van der Waals surface area (Å²) in [6, 6.07) is 13.6. The Bertz CT molecular complexity index is 664. The number of ether oxygens (including phenoxy) is 1. The number of rotatable bonds is 5. The number of benzene rings is 1. The standard InChI is InChI=1S/C18H20ClN3O2/c19-17-7-6-15(10-20-17)18(23)21-11-16-13-22(8-9-24-16)12-14-4-2-1-3-5-14/h1-7,10,16H,8-9,11-13H2,(H,21,23). The summed E-state index contributed by atoms with van der Waals surface area (Å²) in [5, 5.41) is 3.27. The molecule has 1 atom stereocenters. The van der Waals surface area contributed by atoms with Crippen LogP contribution in [0.2, 0.25) is 5.15 Å². The maximum Gasteiger partial charge on any atom is 0.252 e. The fourth-order valence-corrected chi connectivity index (χ4v) is 2.82. The number of carbonyl (C=O) groups excluding carboxylic acids is 1. The smallest absolute Gasteiger partial charge is 0.252 e. The summed E-state index contributed by atoms with van der Waals surface area (Å²) in [5.74, 6) is -0.164. The van der Waals surface area contributed by atoms with Gasteiger partial charge in [0.1, 0.15) is 5.15 Å². The van der Waals surface area contributed by atoms with Crippen molar-refractivity contribution in [2.24, 2.45) is 0 Å². The fraction of sp³-hybridized carbons (Fsp3) is 0.333. The van der Waals surface area contributed by atoms with Crippen LogP contribution in [0.15, 0.2) is 48.7 Å². The summed E-state index contributed by atoms with van der Waals surface area (Å²) in [5.41, 5.74) is 1.78. The van der Waals surface area contributed by atoms with E-state index in [1.165, 1.54) is 11.8 Å². The van der Waals surface area contributed by atoms with Crippen LogP contribution >= 0.6 is 11.6 Å². The number of halogens is 1. The molecule has 1 aromatic heterocycles. The highest BCUT2D eigenvalue weighted by molar-refractivity contribution is 6.29. The highest BCUT2D eigenvalue weighted by atomic mass is 35.5. The molecular formula is C18H20ClN3O2. The molecule has 126 valence electrons. The minimum Gasteiger partial charge on any atom is -0.374 e. The average Bonchev–Trinajstić information content (AvgIpc) is 2.61. The highest BCUT2D eigenvalue weighted by Crippen LogP contribution is 2.10. The Morgan fingerprint density at radius 3 is 2.88 bits per heavy atom. The molecule has 0 aliphatic carbocycles. The third-order valence-corrected chi connectivity index (χ3v) is 4.18. The number of amides is 1. The Labute approximate surface area is 146 Å². The van der Waals surface area contributed by atoms with Crippen molar-refractivity contribution in [1.82, 2.24) is 15.2 Å². The zero-order chi connectivity index (χ0) is 16.8. The topological polar surface area (TPSA) is 54.5 Å². The molecule has 1 amide bonds. The zero-order valence-electron chi connectivity index (χ0n) is 13.3. The first-order chi connectivity index (χ1) is 11.7. The highest BCUT2D eigenvalue weighted by Gasteiger charge is 2.21. The number of nitrogens with one attached hydrogen (secondary N) is 1. The van der Waals surface area contributed by atoms with Crippen LogP contribution in [0.5, 0.6) is 0 Å². The molecule has 0 bridgehead atoms. The maximum absolute atomic E-state index is 12.1. The van der Waals surface area contributed by atoms with Crippen molar-refractivity contribution in [3.63, 3.8) is 0 Å². The van der Waals surface area contributed by atoms with Gasteiger partial charge in [-0.05, 0) is 17.7 Å². The summed E-state index contributed by atoms with van der Waals surface area (Å²) in [7, 11) is 0. The molecule has 1 N–H and O–H groups in total. The van der Waals surface area contributed by atoms with Crippen LogP contribution in [0.4, 0.5) is 0 Å². The number of morpholine rings is 1. The Morgan fingerprint density at radius 2 is 2.12 bits per heavy atom. The second-order valence-corrected chi connectivity index (χ2v) is 6.18. The van der Waals surface area contributed by atoms with Crippen LogP contribution in [-0.2, 0) is 11.3 Å². The fourth-order valence-electron chi connectivity index (χ4n) is 2.71. The Kier molecular flexibility index (Phi) is 5.80. The first kappa shape index (κ1) is 16.9. The summed E-state index contributed by atoms with van der Waals surface area (Å²) >= 11 is 5.73. The van der Waals surface area contributed by atoms with Gasteiger partial charge in [0.05, 0.1) is 18.3 Å². The minimum absolute atomic E-state index is 0.00771. The third kappa shape index (κ3) is 4.77. The second-order valence-electron chi connectivity index (χ2n) is 5.79. The van der Waals surface area contributed by atoms with Crippen LogP contribution in [-0.4, -0.2) is 48.1 Å². The molecule has 5 nitrogen and oxygen atoms in total. The van der Waals surface area contributed by atoms with Crippen LogP contribution < -0.4 is 5.32 Å². The van der Waals surface area contributed by atoms with Gasteiger partial charge in [-0.1, -0.05) is 41.9 Å².